The third-order valence-electron chi connectivity index (χ3n) is 5.29. The van der Waals surface area contributed by atoms with Crippen LogP contribution in [0.1, 0.15) is 46.9 Å². The maximum atomic E-state index is 14.1. The topological polar surface area (TPSA) is 80.4 Å². The lowest BCUT2D eigenvalue weighted by molar-refractivity contribution is -0.143. The number of carbonyl (C=O) groups is 2. The Balaban J connectivity index is 1.54. The molecule has 0 fully saturated rings. The van der Waals surface area contributed by atoms with Crippen molar-refractivity contribution in [3.05, 3.63) is 64.6 Å². The van der Waals surface area contributed by atoms with E-state index in [1.54, 1.807) is 37.3 Å². The van der Waals surface area contributed by atoms with Gasteiger partial charge in [-0.05, 0) is 69.0 Å². The van der Waals surface area contributed by atoms with Crippen molar-refractivity contribution in [2.75, 3.05) is 19.8 Å². The average Bonchev–Trinajstić information content (AvgIpc) is 3.11. The van der Waals surface area contributed by atoms with Crippen LogP contribution in [-0.4, -0.2) is 36.6 Å². The molecule has 2 aromatic carbocycles. The Morgan fingerprint density at radius 1 is 1.16 bits per heavy atom. The van der Waals surface area contributed by atoms with Crippen molar-refractivity contribution < 1.29 is 23.5 Å². The minimum absolute atomic E-state index is 0.206. The fourth-order valence-electron chi connectivity index (χ4n) is 3.73. The van der Waals surface area contributed by atoms with Gasteiger partial charge in [-0.3, -0.25) is 9.59 Å². The molecule has 0 radical (unpaired) electrons. The summed E-state index contributed by atoms with van der Waals surface area (Å²) in [4.78, 5) is 27.1. The number of hydrogen-bond donors (Lipinski definition) is 2. The molecule has 7 heteroatoms. The average molecular weight is 441 g/mol. The maximum Gasteiger partial charge on any atom is 0.305 e. The summed E-state index contributed by atoms with van der Waals surface area (Å²) in [6.45, 7) is 6.79. The quantitative estimate of drug-likeness (QED) is 0.356. The summed E-state index contributed by atoms with van der Waals surface area (Å²) in [7, 11) is 0. The summed E-state index contributed by atoms with van der Waals surface area (Å²) >= 11 is 0. The zero-order valence-electron chi connectivity index (χ0n) is 18.7. The second kappa shape index (κ2) is 10.8. The molecule has 1 aromatic heterocycles. The second-order valence-electron chi connectivity index (χ2n) is 7.63. The van der Waals surface area contributed by atoms with Crippen LogP contribution in [0.2, 0.25) is 0 Å². The van der Waals surface area contributed by atoms with Gasteiger partial charge in [0.15, 0.2) is 0 Å². The largest absolute Gasteiger partial charge is 0.494 e. The molecular weight excluding hydrogens is 411 g/mol. The van der Waals surface area contributed by atoms with Crippen molar-refractivity contribution in [2.45, 2.75) is 40.0 Å². The Labute approximate surface area is 187 Å². The normalized spacial score (nSPS) is 10.9. The van der Waals surface area contributed by atoms with E-state index >= 15 is 0 Å². The molecule has 0 atom stereocenters. The van der Waals surface area contributed by atoms with E-state index in [1.165, 1.54) is 6.07 Å². The third-order valence-corrected chi connectivity index (χ3v) is 5.29. The number of fused-ring (bicyclic) bond motifs is 1. The first-order chi connectivity index (χ1) is 15.4. The maximum absolute atomic E-state index is 14.1. The van der Waals surface area contributed by atoms with Crippen LogP contribution < -0.4 is 10.1 Å². The summed E-state index contributed by atoms with van der Waals surface area (Å²) in [5, 5.41) is 3.81. The zero-order valence-corrected chi connectivity index (χ0v) is 18.7. The molecular formula is C25H29FN2O4. The van der Waals surface area contributed by atoms with Crippen molar-refractivity contribution >= 4 is 22.8 Å². The molecule has 0 aliphatic heterocycles. The highest BCUT2D eigenvalue weighted by Crippen LogP contribution is 2.27. The van der Waals surface area contributed by atoms with E-state index in [-0.39, 0.29) is 17.7 Å². The minimum Gasteiger partial charge on any atom is -0.494 e. The molecule has 0 unspecified atom stereocenters. The van der Waals surface area contributed by atoms with Gasteiger partial charge in [-0.25, -0.2) is 4.39 Å². The number of carbonyl (C=O) groups excluding carboxylic acids is 2. The molecule has 2 N–H and O–H groups in total. The van der Waals surface area contributed by atoms with Crippen molar-refractivity contribution in [1.29, 1.82) is 0 Å². The van der Waals surface area contributed by atoms with Crippen LogP contribution in [0.25, 0.3) is 10.9 Å². The van der Waals surface area contributed by atoms with E-state index in [2.05, 4.69) is 10.3 Å². The van der Waals surface area contributed by atoms with Crippen LogP contribution in [0.15, 0.2) is 36.4 Å². The number of hydrogen-bond acceptors (Lipinski definition) is 4. The first kappa shape index (κ1) is 23.3. The molecule has 0 spiro atoms. The summed E-state index contributed by atoms with van der Waals surface area (Å²) in [5.41, 5.74) is 3.92. The molecule has 170 valence electrons. The van der Waals surface area contributed by atoms with Gasteiger partial charge in [-0.15, -0.1) is 0 Å². The van der Waals surface area contributed by atoms with E-state index in [0.717, 1.165) is 22.2 Å². The van der Waals surface area contributed by atoms with Gasteiger partial charge in [0.2, 0.25) is 0 Å². The van der Waals surface area contributed by atoms with E-state index in [0.29, 0.717) is 55.9 Å². The molecule has 1 heterocycles. The summed E-state index contributed by atoms with van der Waals surface area (Å²) in [5.74, 6) is -0.155. The zero-order chi connectivity index (χ0) is 23.1. The first-order valence-electron chi connectivity index (χ1n) is 10.8. The number of nitrogens with one attached hydrogen (secondary N) is 2. The highest BCUT2D eigenvalue weighted by atomic mass is 19.1. The van der Waals surface area contributed by atoms with Crippen molar-refractivity contribution in [3.63, 3.8) is 0 Å². The lowest BCUT2D eigenvalue weighted by atomic mass is 10.0. The van der Waals surface area contributed by atoms with Crippen molar-refractivity contribution in [1.82, 2.24) is 10.3 Å². The standard InChI is InChI=1S/C25H29FN2O4/c1-4-31-22(29)9-6-14-32-19-8-5-7-18(15-19)25(30)27-13-12-20-17(3)28-24-21(26)11-10-16(2)23(20)24/h5,7-8,10-11,15,28H,4,6,9,12-14H2,1-3H3,(H,27,30). The number of aromatic nitrogens is 1. The summed E-state index contributed by atoms with van der Waals surface area (Å²) < 4.78 is 24.7. The smallest absolute Gasteiger partial charge is 0.305 e. The van der Waals surface area contributed by atoms with Crippen LogP contribution in [0, 0.1) is 19.7 Å². The van der Waals surface area contributed by atoms with Gasteiger partial charge in [0, 0.05) is 29.6 Å². The number of ether oxygens (including phenoxy) is 2. The Morgan fingerprint density at radius 3 is 2.75 bits per heavy atom. The van der Waals surface area contributed by atoms with Crippen molar-refractivity contribution in [2.24, 2.45) is 0 Å². The predicted octanol–water partition coefficient (Wildman–Crippen LogP) is 4.62. The van der Waals surface area contributed by atoms with Crippen LogP contribution in [0.5, 0.6) is 5.75 Å². The Bertz CT molecular complexity index is 1110. The molecule has 0 bridgehead atoms. The van der Waals surface area contributed by atoms with Gasteiger partial charge in [0.1, 0.15) is 11.6 Å². The van der Waals surface area contributed by atoms with Gasteiger partial charge in [-0.2, -0.15) is 0 Å². The molecule has 0 saturated heterocycles. The number of benzene rings is 2. The summed E-state index contributed by atoms with van der Waals surface area (Å²) in [6.07, 6.45) is 1.43. The molecule has 32 heavy (non-hydrogen) atoms. The van der Waals surface area contributed by atoms with Gasteiger partial charge in [0.25, 0.3) is 5.91 Å². The van der Waals surface area contributed by atoms with Crippen LogP contribution in [0.3, 0.4) is 0 Å². The van der Waals surface area contributed by atoms with E-state index in [4.69, 9.17) is 9.47 Å². The SMILES string of the molecule is CCOC(=O)CCCOc1cccc(C(=O)NCCc2c(C)[nH]c3c(F)ccc(C)c23)c1. The highest BCUT2D eigenvalue weighted by Gasteiger charge is 2.14. The lowest BCUT2D eigenvalue weighted by Gasteiger charge is -2.09. The second-order valence-corrected chi connectivity index (χ2v) is 7.63. The molecule has 0 saturated carbocycles. The number of esters is 1. The molecule has 6 nitrogen and oxygen atoms in total. The molecule has 1 amide bonds. The number of halogens is 1. The fraction of sp³-hybridized carbons (Fsp3) is 0.360. The lowest BCUT2D eigenvalue weighted by Crippen LogP contribution is -2.25. The molecule has 0 aliphatic rings. The van der Waals surface area contributed by atoms with E-state index in [9.17, 15) is 14.0 Å². The van der Waals surface area contributed by atoms with Crippen LogP contribution >= 0.6 is 0 Å². The third kappa shape index (κ3) is 5.66. The van der Waals surface area contributed by atoms with Gasteiger partial charge >= 0.3 is 5.97 Å². The fourth-order valence-corrected chi connectivity index (χ4v) is 3.73. The van der Waals surface area contributed by atoms with Crippen LogP contribution in [-0.2, 0) is 16.0 Å². The number of rotatable bonds is 10. The Morgan fingerprint density at radius 2 is 1.97 bits per heavy atom. The minimum atomic E-state index is -0.275. The summed E-state index contributed by atoms with van der Waals surface area (Å²) in [6, 6.07) is 10.2. The number of aromatic amines is 1. The number of H-pyrrole nitrogens is 1. The van der Waals surface area contributed by atoms with Gasteiger partial charge in [-0.1, -0.05) is 12.1 Å². The van der Waals surface area contributed by atoms with Crippen molar-refractivity contribution in [3.8, 4) is 5.75 Å². The molecule has 3 aromatic rings. The van der Waals surface area contributed by atoms with E-state index in [1.807, 2.05) is 13.8 Å². The van der Waals surface area contributed by atoms with Crippen LogP contribution in [0.4, 0.5) is 4.39 Å². The van der Waals surface area contributed by atoms with Gasteiger partial charge in [0.05, 0.1) is 18.7 Å². The molecule has 3 rings (SSSR count). The Hall–Kier alpha value is -3.35. The first-order valence-corrected chi connectivity index (χ1v) is 10.8. The highest BCUT2D eigenvalue weighted by molar-refractivity contribution is 5.94. The molecule has 0 aliphatic carbocycles. The number of amides is 1. The van der Waals surface area contributed by atoms with E-state index < -0.39 is 0 Å². The predicted molar refractivity (Wildman–Crippen MR) is 122 cm³/mol. The monoisotopic (exact) mass is 440 g/mol. The number of aryl methyl sites for hydroxylation is 2. The van der Waals surface area contributed by atoms with Gasteiger partial charge < -0.3 is 19.8 Å². The Kier molecular flexibility index (Phi) is 7.87.